The zero-order chi connectivity index (χ0) is 32.1. The van der Waals surface area contributed by atoms with Gasteiger partial charge in [-0.15, -0.1) is 0 Å². The Bertz CT molecular complexity index is 1980. The molecule has 2 aromatic heterocycles. The van der Waals surface area contributed by atoms with Gasteiger partial charge in [0.2, 0.25) is 15.9 Å². The highest BCUT2D eigenvalue weighted by molar-refractivity contribution is 7.92. The Hall–Kier alpha value is -4.85. The molecule has 1 aliphatic rings. The molecule has 0 unspecified atom stereocenters. The second-order valence-corrected chi connectivity index (χ2v) is 12.7. The van der Waals surface area contributed by atoms with E-state index in [0.717, 1.165) is 27.3 Å². The molecule has 0 bridgehead atoms. The van der Waals surface area contributed by atoms with Crippen LogP contribution in [0.4, 0.5) is 26.0 Å². The number of sulfonamides is 1. The number of aryl methyl sites for hydroxylation is 1. The van der Waals surface area contributed by atoms with Crippen LogP contribution in [0.2, 0.25) is 0 Å². The van der Waals surface area contributed by atoms with E-state index in [0.29, 0.717) is 12.1 Å². The van der Waals surface area contributed by atoms with Crippen LogP contribution in [0.1, 0.15) is 12.5 Å². The number of pyridine rings is 1. The van der Waals surface area contributed by atoms with Crippen LogP contribution in [0, 0.1) is 18.6 Å². The van der Waals surface area contributed by atoms with Gasteiger partial charge in [0.05, 0.1) is 28.6 Å². The molecule has 14 heteroatoms. The maximum Gasteiger partial charge on any atom is 0.355 e. The number of fused-ring (bicyclic) bond motifs is 1. The first-order valence-corrected chi connectivity index (χ1v) is 15.5. The van der Waals surface area contributed by atoms with Crippen LogP contribution >= 0.6 is 0 Å². The number of aromatic nitrogens is 3. The average molecular weight is 624 g/mol. The van der Waals surface area contributed by atoms with Gasteiger partial charge in [0.15, 0.2) is 11.5 Å². The smallest absolute Gasteiger partial charge is 0.355 e. The molecule has 230 valence electrons. The highest BCUT2D eigenvalue weighted by atomic mass is 32.2. The predicted octanol–water partition coefficient (Wildman–Crippen LogP) is 3.24. The molecule has 0 saturated carbocycles. The van der Waals surface area contributed by atoms with E-state index in [2.05, 4.69) is 16.5 Å². The highest BCUT2D eigenvalue weighted by Crippen LogP contribution is 2.36. The molecule has 0 spiro atoms. The summed E-state index contributed by atoms with van der Waals surface area (Å²) in [5, 5.41) is 0.118. The monoisotopic (exact) mass is 623 g/mol. The second-order valence-electron chi connectivity index (χ2n) is 10.7. The molecule has 1 atom stereocenters. The van der Waals surface area contributed by atoms with Gasteiger partial charge in [0.1, 0.15) is 17.3 Å². The predicted molar refractivity (Wildman–Crippen MR) is 166 cm³/mol. The highest BCUT2D eigenvalue weighted by Gasteiger charge is 2.31. The minimum Gasteiger partial charge on any atom is -0.398 e. The Morgan fingerprint density at radius 2 is 1.84 bits per heavy atom. The summed E-state index contributed by atoms with van der Waals surface area (Å²) >= 11 is 0. The van der Waals surface area contributed by atoms with E-state index < -0.39 is 33.0 Å². The van der Waals surface area contributed by atoms with Gasteiger partial charge < -0.3 is 15.5 Å². The summed E-state index contributed by atoms with van der Waals surface area (Å²) in [5.74, 6) is -1.85. The standard InChI is InChI=1S/C30H31F2N7O4S/c1-6-24(40)37-13-14-38(18(3)16-37)28-19-15-21(32)26(25-20(31)10-8-11-22(25)33)34-29(19)39(30(41)35-28)27-17(2)9-7-12-23(27)36(4)44(5,42)43/h6-12,15,18H,1,13-14,16,33H2,2-5H3/t18-/m0/s1. The third-order valence-electron chi connectivity index (χ3n) is 7.75. The van der Waals surface area contributed by atoms with Crippen molar-refractivity contribution in [1.82, 2.24) is 19.4 Å². The maximum absolute atomic E-state index is 15.9. The molecule has 0 radical (unpaired) electrons. The molecule has 4 aromatic rings. The van der Waals surface area contributed by atoms with Gasteiger partial charge in [-0.05, 0) is 49.8 Å². The van der Waals surface area contributed by atoms with Gasteiger partial charge in [-0.2, -0.15) is 4.98 Å². The number of hydrogen-bond donors (Lipinski definition) is 1. The van der Waals surface area contributed by atoms with E-state index in [1.807, 2.05) is 6.92 Å². The summed E-state index contributed by atoms with van der Waals surface area (Å²) < 4.78 is 58.3. The van der Waals surface area contributed by atoms with Gasteiger partial charge in [-0.3, -0.25) is 9.10 Å². The summed E-state index contributed by atoms with van der Waals surface area (Å²) in [6, 6.07) is 9.52. The van der Waals surface area contributed by atoms with Crippen LogP contribution in [0.3, 0.4) is 0 Å². The minimum atomic E-state index is -3.78. The number of para-hydroxylation sites is 1. The van der Waals surface area contributed by atoms with E-state index in [9.17, 15) is 18.0 Å². The molecule has 1 saturated heterocycles. The molecule has 5 rings (SSSR count). The van der Waals surface area contributed by atoms with E-state index in [1.54, 1.807) is 28.9 Å². The Labute approximate surface area is 252 Å². The van der Waals surface area contributed by atoms with Crippen molar-refractivity contribution in [3.63, 3.8) is 0 Å². The van der Waals surface area contributed by atoms with Crippen LogP contribution in [-0.4, -0.2) is 72.7 Å². The number of hydrogen-bond acceptors (Lipinski definition) is 8. The lowest BCUT2D eigenvalue weighted by molar-refractivity contribution is -0.126. The first kappa shape index (κ1) is 30.6. The third-order valence-corrected chi connectivity index (χ3v) is 8.94. The van der Waals surface area contributed by atoms with E-state index >= 15 is 8.78 Å². The largest absolute Gasteiger partial charge is 0.398 e. The van der Waals surface area contributed by atoms with Gasteiger partial charge in [0, 0.05) is 38.4 Å². The molecule has 1 aliphatic heterocycles. The van der Waals surface area contributed by atoms with E-state index in [1.165, 1.54) is 31.3 Å². The summed E-state index contributed by atoms with van der Waals surface area (Å²) in [4.78, 5) is 38.5. The quantitative estimate of drug-likeness (QED) is 0.256. The van der Waals surface area contributed by atoms with Crippen LogP contribution in [0.5, 0.6) is 0 Å². The number of piperazine rings is 1. The van der Waals surface area contributed by atoms with Crippen molar-refractivity contribution >= 4 is 44.2 Å². The lowest BCUT2D eigenvalue weighted by atomic mass is 10.1. The molecule has 2 N–H and O–H groups in total. The van der Waals surface area contributed by atoms with Crippen LogP contribution < -0.4 is 20.6 Å². The molecule has 3 heterocycles. The molecule has 1 fully saturated rings. The number of carbonyl (C=O) groups excluding carboxylic acids is 1. The van der Waals surface area contributed by atoms with Crippen molar-refractivity contribution in [2.24, 2.45) is 0 Å². The van der Waals surface area contributed by atoms with Gasteiger partial charge in [-0.25, -0.2) is 31.5 Å². The Balaban J connectivity index is 1.86. The maximum atomic E-state index is 15.9. The lowest BCUT2D eigenvalue weighted by Gasteiger charge is -2.40. The molecule has 0 aliphatic carbocycles. The summed E-state index contributed by atoms with van der Waals surface area (Å²) in [5.41, 5.74) is 5.14. The SMILES string of the molecule is C=CC(=O)N1CCN(c2nc(=O)n(-c3c(C)cccc3N(C)S(C)(=O)=O)c3nc(-c4c(N)cccc4F)c(F)cc23)[C@@H](C)C1. The Morgan fingerprint density at radius 1 is 1.14 bits per heavy atom. The van der Waals surface area contributed by atoms with Crippen molar-refractivity contribution < 1.29 is 22.0 Å². The van der Waals surface area contributed by atoms with Gasteiger partial charge in [-0.1, -0.05) is 24.8 Å². The zero-order valence-electron chi connectivity index (χ0n) is 24.6. The van der Waals surface area contributed by atoms with Crippen molar-refractivity contribution in [3.8, 4) is 16.9 Å². The fraction of sp³-hybridized carbons (Fsp3) is 0.267. The first-order valence-electron chi connectivity index (χ1n) is 13.6. The number of carbonyl (C=O) groups is 1. The molecule has 44 heavy (non-hydrogen) atoms. The van der Waals surface area contributed by atoms with Crippen molar-refractivity contribution in [2.75, 3.05) is 47.9 Å². The number of nitrogens with two attached hydrogens (primary N) is 1. The number of halogens is 2. The molecular formula is C30H31F2N7O4S. The van der Waals surface area contributed by atoms with E-state index in [-0.39, 0.29) is 64.5 Å². The van der Waals surface area contributed by atoms with Crippen LogP contribution in [0.25, 0.3) is 28.0 Å². The number of amides is 1. The van der Waals surface area contributed by atoms with Crippen molar-refractivity contribution in [2.45, 2.75) is 19.9 Å². The molecule has 1 amide bonds. The first-order chi connectivity index (χ1) is 20.7. The van der Waals surface area contributed by atoms with Crippen LogP contribution in [-0.2, 0) is 14.8 Å². The number of nitrogen functional groups attached to an aromatic ring is 1. The zero-order valence-corrected chi connectivity index (χ0v) is 25.4. The van der Waals surface area contributed by atoms with Crippen molar-refractivity contribution in [3.05, 3.63) is 82.8 Å². The lowest BCUT2D eigenvalue weighted by Crippen LogP contribution is -2.54. The number of rotatable bonds is 6. The Kier molecular flexibility index (Phi) is 7.88. The normalized spacial score (nSPS) is 15.5. The third kappa shape index (κ3) is 5.25. The van der Waals surface area contributed by atoms with E-state index in [4.69, 9.17) is 5.73 Å². The molecule has 11 nitrogen and oxygen atoms in total. The number of benzene rings is 2. The second kappa shape index (κ2) is 11.3. The minimum absolute atomic E-state index is 0.0658. The Morgan fingerprint density at radius 3 is 2.48 bits per heavy atom. The summed E-state index contributed by atoms with van der Waals surface area (Å²) in [7, 11) is -2.44. The fourth-order valence-corrected chi connectivity index (χ4v) is 5.97. The molecular weight excluding hydrogens is 592 g/mol. The van der Waals surface area contributed by atoms with Crippen molar-refractivity contribution in [1.29, 1.82) is 0 Å². The molecule has 2 aromatic carbocycles. The average Bonchev–Trinajstić information content (AvgIpc) is 2.96. The van der Waals surface area contributed by atoms with Crippen LogP contribution in [0.15, 0.2) is 59.9 Å². The van der Waals surface area contributed by atoms with Gasteiger partial charge >= 0.3 is 5.69 Å². The number of nitrogens with zero attached hydrogens (tertiary/aromatic N) is 6. The van der Waals surface area contributed by atoms with Gasteiger partial charge in [0.25, 0.3) is 0 Å². The summed E-state index contributed by atoms with van der Waals surface area (Å²) in [6.45, 7) is 7.90. The topological polar surface area (TPSA) is 135 Å². The number of anilines is 3. The summed E-state index contributed by atoms with van der Waals surface area (Å²) in [6.07, 6.45) is 2.24. The fourth-order valence-electron chi connectivity index (χ4n) is 5.46.